The molecule has 2 aliphatic carbocycles. The molecule has 0 amide bonds. The van der Waals surface area contributed by atoms with E-state index in [1.54, 1.807) is 0 Å². The van der Waals surface area contributed by atoms with Crippen molar-refractivity contribution in [2.24, 2.45) is 10.8 Å². The van der Waals surface area contributed by atoms with Crippen molar-refractivity contribution < 1.29 is 23.7 Å². The number of rotatable bonds is 1. The van der Waals surface area contributed by atoms with Gasteiger partial charge in [-0.05, 0) is 57.2 Å². The molecule has 4 heterocycles. The molecule has 0 saturated carbocycles. The van der Waals surface area contributed by atoms with Gasteiger partial charge in [-0.1, -0.05) is 47.6 Å². The molecule has 0 bridgehead atoms. The van der Waals surface area contributed by atoms with Crippen LogP contribution in [0.25, 0.3) is 11.4 Å². The van der Waals surface area contributed by atoms with Gasteiger partial charge < -0.3 is 24.2 Å². The van der Waals surface area contributed by atoms with Gasteiger partial charge in [-0.15, -0.1) is 0 Å². The highest BCUT2D eigenvalue weighted by Gasteiger charge is 2.56. The molecule has 7 nitrogen and oxygen atoms in total. The predicted octanol–water partition coefficient (Wildman–Crippen LogP) is 5.71. The summed E-state index contributed by atoms with van der Waals surface area (Å²) in [5.41, 5.74) is 4.48. The summed E-state index contributed by atoms with van der Waals surface area (Å²) in [5.74, 6) is -1.45. The van der Waals surface area contributed by atoms with Crippen molar-refractivity contribution in [1.29, 1.82) is 0 Å². The van der Waals surface area contributed by atoms with Crippen LogP contribution in [0.5, 0.6) is 0 Å². The third-order valence-corrected chi connectivity index (χ3v) is 9.28. The number of fused-ring (bicyclic) bond motifs is 6. The van der Waals surface area contributed by atoms with Gasteiger partial charge in [-0.3, -0.25) is 0 Å². The van der Waals surface area contributed by atoms with Gasteiger partial charge in [0.2, 0.25) is 11.4 Å². The molecule has 6 rings (SSSR count). The number of nitrogens with zero attached hydrogens (tertiary/aromatic N) is 2. The quantitative estimate of drug-likeness (QED) is 0.363. The van der Waals surface area contributed by atoms with Gasteiger partial charge in [0.25, 0.3) is 0 Å². The van der Waals surface area contributed by atoms with Crippen LogP contribution < -0.4 is 4.73 Å². The lowest BCUT2D eigenvalue weighted by Crippen LogP contribution is -2.42. The van der Waals surface area contributed by atoms with Gasteiger partial charge >= 0.3 is 0 Å². The summed E-state index contributed by atoms with van der Waals surface area (Å²) in [7, 11) is 0. The molecule has 0 radical (unpaired) electrons. The molecule has 200 valence electrons. The largest absolute Gasteiger partial charge is 0.618 e. The van der Waals surface area contributed by atoms with E-state index in [1.807, 2.05) is 26.0 Å². The Morgan fingerprint density at radius 1 is 0.784 bits per heavy atom. The second kappa shape index (κ2) is 7.98. The minimum Gasteiger partial charge on any atom is -0.618 e. The van der Waals surface area contributed by atoms with E-state index in [2.05, 4.69) is 53.7 Å². The molecule has 2 aromatic rings. The molecule has 0 spiro atoms. The van der Waals surface area contributed by atoms with Crippen molar-refractivity contribution in [1.82, 2.24) is 4.98 Å². The van der Waals surface area contributed by atoms with E-state index in [1.165, 1.54) is 0 Å². The highest BCUT2D eigenvalue weighted by atomic mass is 16.8. The molecule has 0 N–H and O–H groups in total. The molecule has 37 heavy (non-hydrogen) atoms. The fourth-order valence-corrected chi connectivity index (χ4v) is 5.98. The lowest BCUT2D eigenvalue weighted by Gasteiger charge is -2.36. The van der Waals surface area contributed by atoms with Crippen molar-refractivity contribution >= 4 is 0 Å². The summed E-state index contributed by atoms with van der Waals surface area (Å²) in [5, 5.41) is 13.9. The third kappa shape index (κ3) is 3.76. The van der Waals surface area contributed by atoms with Gasteiger partial charge in [-0.2, -0.15) is 4.73 Å². The molecule has 2 aromatic heterocycles. The topological polar surface area (TPSA) is 76.8 Å². The van der Waals surface area contributed by atoms with Gasteiger partial charge in [0.1, 0.15) is 11.8 Å². The average molecular weight is 509 g/mol. The van der Waals surface area contributed by atoms with Crippen LogP contribution in [-0.4, -0.2) is 28.8 Å². The Bertz CT molecular complexity index is 1250. The van der Waals surface area contributed by atoms with Gasteiger partial charge in [-0.25, -0.2) is 4.98 Å². The Morgan fingerprint density at radius 2 is 1.32 bits per heavy atom. The van der Waals surface area contributed by atoms with Crippen molar-refractivity contribution in [2.75, 3.05) is 0 Å². The number of aromatic nitrogens is 2. The van der Waals surface area contributed by atoms with Gasteiger partial charge in [0.15, 0.2) is 17.7 Å². The molecule has 2 fully saturated rings. The maximum Gasteiger partial charge on any atom is 0.242 e. The molecule has 0 aromatic carbocycles. The Balaban J connectivity index is 1.38. The van der Waals surface area contributed by atoms with Crippen molar-refractivity contribution in [3.05, 3.63) is 52.0 Å². The fourth-order valence-electron chi connectivity index (χ4n) is 5.98. The molecule has 6 atom stereocenters. The van der Waals surface area contributed by atoms with Crippen LogP contribution in [0.15, 0.2) is 24.3 Å². The van der Waals surface area contributed by atoms with E-state index in [0.29, 0.717) is 17.1 Å². The van der Waals surface area contributed by atoms with Crippen LogP contribution in [-0.2, 0) is 31.8 Å². The third-order valence-electron chi connectivity index (χ3n) is 9.28. The Kier molecular flexibility index (Phi) is 5.44. The Hall–Kier alpha value is -2.06. The van der Waals surface area contributed by atoms with Crippen LogP contribution in [0.2, 0.25) is 0 Å². The van der Waals surface area contributed by atoms with Crippen molar-refractivity contribution in [2.45, 2.75) is 117 Å². The summed E-state index contributed by atoms with van der Waals surface area (Å²) >= 11 is 0. The average Bonchev–Trinajstić information content (AvgIpc) is 3.36. The zero-order chi connectivity index (χ0) is 26.5. The van der Waals surface area contributed by atoms with Crippen LogP contribution in [0.1, 0.15) is 103 Å². The van der Waals surface area contributed by atoms with E-state index in [4.69, 9.17) is 23.9 Å². The van der Waals surface area contributed by atoms with Crippen LogP contribution in [0, 0.1) is 16.0 Å². The standard InChI is InChI=1S/C30H40N2O5/c1-27(2,3)29(7)34-21-15-11-17-9-13-19(31-23(17)25(21)36-29)20-14-10-18-12-16-22-26(24(18)32(20)33)37-30(8,35-22)28(4,5)6/h9-10,13-14,21-22,25-26H,11-12,15-16H2,1-8H3/t21-,22-,25-,26-,29-,30-/m0/s1. The minimum atomic E-state index is -0.758. The molecular weight excluding hydrogens is 468 g/mol. The van der Waals surface area contributed by atoms with Crippen LogP contribution >= 0.6 is 0 Å². The van der Waals surface area contributed by atoms with Gasteiger partial charge in [0.05, 0.1) is 17.9 Å². The molecule has 7 heteroatoms. The van der Waals surface area contributed by atoms with Crippen molar-refractivity contribution in [3.8, 4) is 11.4 Å². The Morgan fingerprint density at radius 3 is 1.95 bits per heavy atom. The predicted molar refractivity (Wildman–Crippen MR) is 138 cm³/mol. The summed E-state index contributed by atoms with van der Waals surface area (Å²) < 4.78 is 27.0. The number of aryl methyl sites for hydroxylation is 2. The molecular formula is C30H40N2O5. The maximum absolute atomic E-state index is 13.9. The van der Waals surface area contributed by atoms with Crippen LogP contribution in [0.4, 0.5) is 0 Å². The maximum atomic E-state index is 13.9. The van der Waals surface area contributed by atoms with Gasteiger partial charge in [0, 0.05) is 22.5 Å². The summed E-state index contributed by atoms with van der Waals surface area (Å²) in [4.78, 5) is 5.04. The first-order chi connectivity index (χ1) is 17.2. The molecule has 4 aliphatic rings. The summed E-state index contributed by atoms with van der Waals surface area (Å²) in [6.45, 7) is 16.7. The number of hydrogen-bond donors (Lipinski definition) is 0. The monoisotopic (exact) mass is 508 g/mol. The highest BCUT2D eigenvalue weighted by molar-refractivity contribution is 5.53. The lowest BCUT2D eigenvalue weighted by atomic mass is 9.87. The normalized spacial score (nSPS) is 35.0. The first kappa shape index (κ1) is 25.2. The minimum absolute atomic E-state index is 0.0396. The Labute approximate surface area is 220 Å². The van der Waals surface area contributed by atoms with E-state index < -0.39 is 17.7 Å². The zero-order valence-corrected chi connectivity index (χ0v) is 23.4. The highest BCUT2D eigenvalue weighted by Crippen LogP contribution is 2.52. The number of ether oxygens (including phenoxy) is 4. The lowest BCUT2D eigenvalue weighted by molar-refractivity contribution is -0.608. The zero-order valence-electron chi connectivity index (χ0n) is 23.4. The van der Waals surface area contributed by atoms with Crippen molar-refractivity contribution in [3.63, 3.8) is 0 Å². The second-order valence-electron chi connectivity index (χ2n) is 13.5. The number of hydrogen-bond acceptors (Lipinski definition) is 6. The first-order valence-electron chi connectivity index (χ1n) is 13.7. The molecule has 2 aliphatic heterocycles. The summed E-state index contributed by atoms with van der Waals surface area (Å²) in [6.07, 6.45) is 2.60. The SMILES string of the molecule is CC(C)(C)[C@@]1(C)O[C@H]2CCc3ccc(-c4ccc5c([n+]4[O-])[C@H]4O[C@@](C)(C(C)(C)C)O[C@H]4CC5)nc3[C@H]2O1. The number of pyridine rings is 2. The molecule has 2 saturated heterocycles. The molecule has 0 unspecified atom stereocenters. The first-order valence-corrected chi connectivity index (χ1v) is 13.7. The van der Waals surface area contributed by atoms with E-state index >= 15 is 0 Å². The van der Waals surface area contributed by atoms with E-state index in [9.17, 15) is 5.21 Å². The fraction of sp³-hybridized carbons (Fsp3) is 0.667. The smallest absolute Gasteiger partial charge is 0.242 e. The van der Waals surface area contributed by atoms with E-state index in [0.717, 1.165) is 47.2 Å². The summed E-state index contributed by atoms with van der Waals surface area (Å²) in [6, 6.07) is 8.00. The van der Waals surface area contributed by atoms with E-state index in [-0.39, 0.29) is 29.1 Å². The second-order valence-corrected chi connectivity index (χ2v) is 13.5. The van der Waals surface area contributed by atoms with Crippen LogP contribution in [0.3, 0.4) is 0 Å².